The van der Waals surface area contributed by atoms with Crippen molar-refractivity contribution in [2.24, 2.45) is 11.8 Å². The fourth-order valence-corrected chi connectivity index (χ4v) is 9.20. The molecule has 0 aromatic carbocycles. The van der Waals surface area contributed by atoms with Crippen LogP contribution in [0.4, 0.5) is 0 Å². The van der Waals surface area contributed by atoms with Crippen LogP contribution in [0.3, 0.4) is 0 Å². The van der Waals surface area contributed by atoms with E-state index in [-0.39, 0.29) is 31.1 Å². The lowest BCUT2D eigenvalue weighted by atomic mass is 9.99. The predicted octanol–water partition coefficient (Wildman–Crippen LogP) is 19.7. The van der Waals surface area contributed by atoms with Crippen LogP contribution in [0, 0.1) is 11.8 Å². The molecule has 392 valence electrons. The molecule has 0 N–H and O–H groups in total. The summed E-state index contributed by atoms with van der Waals surface area (Å²) in [5.41, 5.74) is 0. The highest BCUT2D eigenvalue weighted by molar-refractivity contribution is 5.71. The molecule has 0 radical (unpaired) electrons. The van der Waals surface area contributed by atoms with Crippen LogP contribution in [-0.2, 0) is 28.6 Å². The van der Waals surface area contributed by atoms with E-state index in [0.717, 1.165) is 69.6 Å². The summed E-state index contributed by atoms with van der Waals surface area (Å²) in [6, 6.07) is 0. The molecule has 0 rings (SSSR count). The molecule has 0 amide bonds. The van der Waals surface area contributed by atoms with Gasteiger partial charge < -0.3 is 14.2 Å². The van der Waals surface area contributed by atoms with E-state index in [1.165, 1.54) is 225 Å². The molecule has 6 heteroatoms. The third kappa shape index (κ3) is 51.8. The lowest BCUT2D eigenvalue weighted by molar-refractivity contribution is -0.167. The van der Waals surface area contributed by atoms with Gasteiger partial charge in [-0.3, -0.25) is 14.4 Å². The van der Waals surface area contributed by atoms with Crippen molar-refractivity contribution < 1.29 is 28.6 Å². The molecular weight excluding hydrogens is 817 g/mol. The molecule has 2 atom stereocenters. The molecule has 0 saturated heterocycles. The standard InChI is InChI=1S/C60H116O6/c1-6-8-9-10-11-12-13-14-15-18-21-24-30-35-40-45-50-58(61)64-53-57(54-65-59(62)51-46-41-36-31-27-26-29-34-39-44-49-56(5)7-2)66-60(63)52-47-42-37-32-25-22-19-16-17-20-23-28-33-38-43-48-55(3)4/h55-57H,6-54H2,1-5H3/t56?,57-/m0/s1. The van der Waals surface area contributed by atoms with Crippen molar-refractivity contribution in [3.05, 3.63) is 0 Å². The lowest BCUT2D eigenvalue weighted by Crippen LogP contribution is -2.30. The van der Waals surface area contributed by atoms with Crippen molar-refractivity contribution in [1.29, 1.82) is 0 Å². The molecular formula is C60H116O6. The number of carbonyl (C=O) groups is 3. The molecule has 1 unspecified atom stereocenters. The zero-order valence-corrected chi connectivity index (χ0v) is 45.3. The van der Waals surface area contributed by atoms with Crippen molar-refractivity contribution in [3.8, 4) is 0 Å². The summed E-state index contributed by atoms with van der Waals surface area (Å²) in [6.45, 7) is 11.4. The molecule has 0 fully saturated rings. The number of rotatable bonds is 54. The van der Waals surface area contributed by atoms with E-state index in [4.69, 9.17) is 14.2 Å². The highest BCUT2D eigenvalue weighted by atomic mass is 16.6. The maximum atomic E-state index is 12.9. The van der Waals surface area contributed by atoms with Gasteiger partial charge in [-0.05, 0) is 31.1 Å². The zero-order valence-electron chi connectivity index (χ0n) is 45.3. The number of hydrogen-bond acceptors (Lipinski definition) is 6. The second-order valence-electron chi connectivity index (χ2n) is 21.4. The van der Waals surface area contributed by atoms with Crippen LogP contribution >= 0.6 is 0 Å². The topological polar surface area (TPSA) is 78.9 Å². The average molecular weight is 934 g/mol. The monoisotopic (exact) mass is 933 g/mol. The Morgan fingerprint density at radius 1 is 0.318 bits per heavy atom. The Labute approximate surface area is 412 Å². The largest absolute Gasteiger partial charge is 0.462 e. The number of ether oxygens (including phenoxy) is 3. The van der Waals surface area contributed by atoms with Crippen molar-refractivity contribution in [3.63, 3.8) is 0 Å². The first kappa shape index (κ1) is 64.4. The minimum absolute atomic E-state index is 0.0625. The Bertz CT molecular complexity index is 1010. The summed E-state index contributed by atoms with van der Waals surface area (Å²) < 4.78 is 16.9. The second-order valence-corrected chi connectivity index (χ2v) is 21.4. The van der Waals surface area contributed by atoms with E-state index in [9.17, 15) is 14.4 Å². The molecule has 0 heterocycles. The highest BCUT2D eigenvalue weighted by Gasteiger charge is 2.19. The van der Waals surface area contributed by atoms with Gasteiger partial charge in [-0.2, -0.15) is 0 Å². The zero-order chi connectivity index (χ0) is 48.2. The van der Waals surface area contributed by atoms with Gasteiger partial charge in [-0.15, -0.1) is 0 Å². The van der Waals surface area contributed by atoms with Gasteiger partial charge in [0.2, 0.25) is 0 Å². The number of carbonyl (C=O) groups excluding carboxylic acids is 3. The Kier molecular flexibility index (Phi) is 51.5. The van der Waals surface area contributed by atoms with E-state index < -0.39 is 6.10 Å². The van der Waals surface area contributed by atoms with Gasteiger partial charge in [0.05, 0.1) is 0 Å². The molecule has 0 aromatic heterocycles. The SMILES string of the molecule is CCCCCCCCCCCCCCCCCCC(=O)OC[C@@H](COC(=O)CCCCCCCCCCCCC(C)CC)OC(=O)CCCCCCCCCCCCCCCCCC(C)C. The lowest BCUT2D eigenvalue weighted by Gasteiger charge is -2.18. The van der Waals surface area contributed by atoms with Gasteiger partial charge in [-0.25, -0.2) is 0 Å². The molecule has 0 aliphatic carbocycles. The normalized spacial score (nSPS) is 12.5. The fourth-order valence-electron chi connectivity index (χ4n) is 9.20. The van der Waals surface area contributed by atoms with Gasteiger partial charge in [0.15, 0.2) is 6.10 Å². The van der Waals surface area contributed by atoms with E-state index in [0.29, 0.717) is 19.3 Å². The smallest absolute Gasteiger partial charge is 0.306 e. The Balaban J connectivity index is 4.30. The van der Waals surface area contributed by atoms with Crippen LogP contribution in [0.1, 0.15) is 336 Å². The van der Waals surface area contributed by atoms with Gasteiger partial charge in [-0.1, -0.05) is 298 Å². The minimum atomic E-state index is -0.763. The van der Waals surface area contributed by atoms with E-state index in [2.05, 4.69) is 34.6 Å². The predicted molar refractivity (Wildman–Crippen MR) is 284 cm³/mol. The van der Waals surface area contributed by atoms with E-state index in [1.54, 1.807) is 0 Å². The molecule has 0 saturated carbocycles. The van der Waals surface area contributed by atoms with Gasteiger partial charge >= 0.3 is 17.9 Å². The van der Waals surface area contributed by atoms with Crippen LogP contribution in [0.5, 0.6) is 0 Å². The molecule has 0 aliphatic rings. The van der Waals surface area contributed by atoms with Crippen LogP contribution in [0.2, 0.25) is 0 Å². The van der Waals surface area contributed by atoms with Gasteiger partial charge in [0, 0.05) is 19.3 Å². The number of hydrogen-bond donors (Lipinski definition) is 0. The first-order chi connectivity index (χ1) is 32.3. The highest BCUT2D eigenvalue weighted by Crippen LogP contribution is 2.19. The van der Waals surface area contributed by atoms with E-state index >= 15 is 0 Å². The summed E-state index contributed by atoms with van der Waals surface area (Å²) in [4.78, 5) is 38.2. The maximum Gasteiger partial charge on any atom is 0.306 e. The Hall–Kier alpha value is -1.59. The summed E-state index contributed by atoms with van der Waals surface area (Å²) in [7, 11) is 0. The van der Waals surface area contributed by atoms with Crippen LogP contribution in [-0.4, -0.2) is 37.2 Å². The van der Waals surface area contributed by atoms with Crippen molar-refractivity contribution in [1.82, 2.24) is 0 Å². The van der Waals surface area contributed by atoms with Crippen LogP contribution < -0.4 is 0 Å². The first-order valence-corrected chi connectivity index (χ1v) is 29.8. The van der Waals surface area contributed by atoms with Crippen molar-refractivity contribution in [2.75, 3.05) is 13.2 Å². The molecule has 6 nitrogen and oxygen atoms in total. The number of unbranched alkanes of at least 4 members (excludes halogenated alkanes) is 38. The Morgan fingerprint density at radius 3 is 0.864 bits per heavy atom. The number of esters is 3. The molecule has 0 aliphatic heterocycles. The molecule has 0 aromatic rings. The first-order valence-electron chi connectivity index (χ1n) is 29.8. The fraction of sp³-hybridized carbons (Fsp3) is 0.950. The Morgan fingerprint density at radius 2 is 0.576 bits per heavy atom. The van der Waals surface area contributed by atoms with Crippen molar-refractivity contribution in [2.45, 2.75) is 343 Å². The summed E-state index contributed by atoms with van der Waals surface area (Å²) in [6.07, 6.45) is 56.6. The van der Waals surface area contributed by atoms with Gasteiger partial charge in [0.25, 0.3) is 0 Å². The van der Waals surface area contributed by atoms with Crippen LogP contribution in [0.15, 0.2) is 0 Å². The van der Waals surface area contributed by atoms with Gasteiger partial charge in [0.1, 0.15) is 13.2 Å². The van der Waals surface area contributed by atoms with Crippen molar-refractivity contribution >= 4 is 17.9 Å². The molecule has 66 heavy (non-hydrogen) atoms. The maximum absolute atomic E-state index is 12.9. The summed E-state index contributed by atoms with van der Waals surface area (Å²) in [5, 5.41) is 0. The summed E-state index contributed by atoms with van der Waals surface area (Å²) in [5.74, 6) is 0.880. The summed E-state index contributed by atoms with van der Waals surface area (Å²) >= 11 is 0. The van der Waals surface area contributed by atoms with E-state index in [1.807, 2.05) is 0 Å². The average Bonchev–Trinajstić information content (AvgIpc) is 3.30. The van der Waals surface area contributed by atoms with Crippen LogP contribution in [0.25, 0.3) is 0 Å². The minimum Gasteiger partial charge on any atom is -0.462 e. The quantitative estimate of drug-likeness (QED) is 0.0343. The molecule has 0 bridgehead atoms. The molecule has 0 spiro atoms. The third-order valence-electron chi connectivity index (χ3n) is 14.1. The second kappa shape index (κ2) is 52.8. The third-order valence-corrected chi connectivity index (χ3v) is 14.1.